The summed E-state index contributed by atoms with van der Waals surface area (Å²) in [5.74, 6) is -1.07. The zero-order chi connectivity index (χ0) is 10.9. The summed E-state index contributed by atoms with van der Waals surface area (Å²) in [5.41, 5.74) is 1.27. The van der Waals surface area contributed by atoms with Crippen LogP contribution in [0.2, 0.25) is 0 Å². The first kappa shape index (κ1) is 14.5. The number of carboxylic acid groups (broad SMARTS) is 1. The second-order valence-corrected chi connectivity index (χ2v) is 3.66. The standard InChI is InChI=1S/C11H14O3.Na/c1-6(2)8-5-4-7(3)9(10(8)12)11(13)14;/h4-6,12H,1-3H3,(H,13,14);. The average Bonchev–Trinajstić information content (AvgIpc) is 2.02. The molecule has 0 saturated carbocycles. The Hall–Kier alpha value is -0.510. The maximum absolute atomic E-state index is 10.9. The molecular weight excluding hydrogens is 203 g/mol. The molecule has 0 saturated heterocycles. The number of carboxylic acids is 1. The quantitative estimate of drug-likeness (QED) is 0.746. The number of phenols is 1. The monoisotopic (exact) mass is 217 g/mol. The van der Waals surface area contributed by atoms with Gasteiger partial charge in [-0.2, -0.15) is 0 Å². The summed E-state index contributed by atoms with van der Waals surface area (Å²) in [6.45, 7) is 5.50. The molecule has 0 aromatic heterocycles. The Morgan fingerprint density at radius 3 is 2.27 bits per heavy atom. The average molecular weight is 217 g/mol. The first-order chi connectivity index (χ1) is 6.45. The Labute approximate surface area is 111 Å². The van der Waals surface area contributed by atoms with Crippen molar-refractivity contribution in [2.75, 3.05) is 0 Å². The molecule has 0 spiro atoms. The maximum Gasteiger partial charge on any atom is 0.339 e. The fourth-order valence-corrected chi connectivity index (χ4v) is 1.44. The molecule has 1 radical (unpaired) electrons. The summed E-state index contributed by atoms with van der Waals surface area (Å²) in [7, 11) is 0. The molecule has 0 heterocycles. The third kappa shape index (κ3) is 2.97. The van der Waals surface area contributed by atoms with Gasteiger partial charge in [0, 0.05) is 29.6 Å². The molecule has 0 aliphatic carbocycles. The number of benzene rings is 1. The number of aromatic carboxylic acids is 1. The summed E-state index contributed by atoms with van der Waals surface area (Å²) in [6.07, 6.45) is 0. The number of aryl methyl sites for hydroxylation is 1. The number of rotatable bonds is 2. The van der Waals surface area contributed by atoms with E-state index in [1.807, 2.05) is 13.8 Å². The van der Waals surface area contributed by atoms with Gasteiger partial charge in [0.1, 0.15) is 11.3 Å². The predicted octanol–water partition coefficient (Wildman–Crippen LogP) is 2.14. The summed E-state index contributed by atoms with van der Waals surface area (Å²) < 4.78 is 0. The van der Waals surface area contributed by atoms with Gasteiger partial charge in [0.15, 0.2) is 0 Å². The SMILES string of the molecule is Cc1ccc(C(C)C)c(O)c1C(=O)O.[Na]. The molecule has 0 fully saturated rings. The molecule has 1 aromatic rings. The van der Waals surface area contributed by atoms with Crippen LogP contribution in [0.25, 0.3) is 0 Å². The van der Waals surface area contributed by atoms with Gasteiger partial charge in [-0.15, -0.1) is 0 Å². The van der Waals surface area contributed by atoms with Gasteiger partial charge in [-0.05, 0) is 24.0 Å². The van der Waals surface area contributed by atoms with E-state index < -0.39 is 5.97 Å². The van der Waals surface area contributed by atoms with Crippen molar-refractivity contribution in [1.29, 1.82) is 0 Å². The van der Waals surface area contributed by atoms with Crippen LogP contribution in [0.3, 0.4) is 0 Å². The third-order valence-electron chi connectivity index (χ3n) is 2.25. The summed E-state index contributed by atoms with van der Waals surface area (Å²) >= 11 is 0. The molecule has 0 atom stereocenters. The molecule has 15 heavy (non-hydrogen) atoms. The summed E-state index contributed by atoms with van der Waals surface area (Å²) in [5, 5.41) is 18.6. The van der Waals surface area contributed by atoms with E-state index in [1.165, 1.54) is 0 Å². The molecule has 0 bridgehead atoms. The minimum Gasteiger partial charge on any atom is -0.507 e. The van der Waals surface area contributed by atoms with Crippen LogP contribution >= 0.6 is 0 Å². The summed E-state index contributed by atoms with van der Waals surface area (Å²) in [6, 6.07) is 3.49. The smallest absolute Gasteiger partial charge is 0.339 e. The van der Waals surface area contributed by atoms with E-state index in [4.69, 9.17) is 5.11 Å². The van der Waals surface area contributed by atoms with Crippen LogP contribution in [0.5, 0.6) is 5.75 Å². The fraction of sp³-hybridized carbons (Fsp3) is 0.364. The van der Waals surface area contributed by atoms with Crippen LogP contribution in [-0.4, -0.2) is 45.7 Å². The topological polar surface area (TPSA) is 57.5 Å². The molecule has 2 N–H and O–H groups in total. The number of hydrogen-bond acceptors (Lipinski definition) is 2. The first-order valence-corrected chi connectivity index (χ1v) is 4.51. The van der Waals surface area contributed by atoms with Gasteiger partial charge >= 0.3 is 5.97 Å². The Kier molecular flexibility index (Phi) is 5.35. The van der Waals surface area contributed by atoms with Crippen molar-refractivity contribution in [1.82, 2.24) is 0 Å². The Morgan fingerprint density at radius 2 is 1.87 bits per heavy atom. The van der Waals surface area contributed by atoms with Crippen molar-refractivity contribution in [3.05, 3.63) is 28.8 Å². The van der Waals surface area contributed by atoms with E-state index in [9.17, 15) is 9.90 Å². The number of carbonyl (C=O) groups is 1. The molecular formula is C11H14NaO3. The second kappa shape index (κ2) is 5.54. The largest absolute Gasteiger partial charge is 0.507 e. The first-order valence-electron chi connectivity index (χ1n) is 4.51. The van der Waals surface area contributed by atoms with E-state index in [1.54, 1.807) is 19.1 Å². The van der Waals surface area contributed by atoms with E-state index in [0.29, 0.717) is 11.1 Å². The van der Waals surface area contributed by atoms with Gasteiger partial charge in [-0.25, -0.2) is 4.79 Å². The van der Waals surface area contributed by atoms with Crippen LogP contribution in [0, 0.1) is 6.92 Å². The molecule has 0 amide bonds. The zero-order valence-corrected chi connectivity index (χ0v) is 11.5. The number of aromatic hydroxyl groups is 1. The van der Waals surface area contributed by atoms with Gasteiger partial charge < -0.3 is 10.2 Å². The Bertz CT molecular complexity index is 372. The Morgan fingerprint density at radius 1 is 1.33 bits per heavy atom. The minimum absolute atomic E-state index is 0. The molecule has 77 valence electrons. The number of hydrogen-bond donors (Lipinski definition) is 2. The Balaban J connectivity index is 0.00000196. The van der Waals surface area contributed by atoms with Crippen molar-refractivity contribution in [2.24, 2.45) is 0 Å². The second-order valence-electron chi connectivity index (χ2n) is 3.66. The molecule has 0 unspecified atom stereocenters. The maximum atomic E-state index is 10.9. The van der Waals surface area contributed by atoms with E-state index in [2.05, 4.69) is 0 Å². The van der Waals surface area contributed by atoms with Crippen molar-refractivity contribution < 1.29 is 15.0 Å². The normalized spacial score (nSPS) is 9.87. The predicted molar refractivity (Wildman–Crippen MR) is 59.6 cm³/mol. The van der Waals surface area contributed by atoms with E-state index in [-0.39, 0.29) is 46.8 Å². The van der Waals surface area contributed by atoms with Crippen molar-refractivity contribution >= 4 is 35.5 Å². The zero-order valence-electron chi connectivity index (χ0n) is 9.53. The molecule has 0 aliphatic heterocycles. The van der Waals surface area contributed by atoms with E-state index in [0.717, 1.165) is 0 Å². The summed E-state index contributed by atoms with van der Waals surface area (Å²) in [4.78, 5) is 10.9. The van der Waals surface area contributed by atoms with Crippen molar-refractivity contribution in [3.63, 3.8) is 0 Å². The molecule has 0 aliphatic rings. The van der Waals surface area contributed by atoms with Crippen LogP contribution in [0.1, 0.15) is 41.3 Å². The van der Waals surface area contributed by atoms with Gasteiger partial charge in [0.2, 0.25) is 0 Å². The van der Waals surface area contributed by atoms with Crippen LogP contribution < -0.4 is 0 Å². The molecule has 1 rings (SSSR count). The van der Waals surface area contributed by atoms with Crippen molar-refractivity contribution in [2.45, 2.75) is 26.7 Å². The van der Waals surface area contributed by atoms with Gasteiger partial charge in [0.05, 0.1) is 0 Å². The molecule has 4 heteroatoms. The van der Waals surface area contributed by atoms with Crippen LogP contribution in [-0.2, 0) is 0 Å². The van der Waals surface area contributed by atoms with Crippen LogP contribution in [0.4, 0.5) is 0 Å². The van der Waals surface area contributed by atoms with Crippen molar-refractivity contribution in [3.8, 4) is 5.75 Å². The minimum atomic E-state index is -1.08. The fourth-order valence-electron chi connectivity index (χ4n) is 1.44. The van der Waals surface area contributed by atoms with Gasteiger partial charge in [-0.3, -0.25) is 0 Å². The van der Waals surface area contributed by atoms with E-state index >= 15 is 0 Å². The van der Waals surface area contributed by atoms with Crippen LogP contribution in [0.15, 0.2) is 12.1 Å². The van der Waals surface area contributed by atoms with Gasteiger partial charge in [0.25, 0.3) is 0 Å². The molecule has 1 aromatic carbocycles. The third-order valence-corrected chi connectivity index (χ3v) is 2.25. The molecule has 3 nitrogen and oxygen atoms in total. The van der Waals surface area contributed by atoms with Gasteiger partial charge in [-0.1, -0.05) is 26.0 Å².